The van der Waals surface area contributed by atoms with Gasteiger partial charge in [0.1, 0.15) is 12.1 Å². The molecule has 2 saturated heterocycles. The Bertz CT molecular complexity index is 2820. The van der Waals surface area contributed by atoms with Crippen molar-refractivity contribution in [3.8, 4) is 21.7 Å². The highest BCUT2D eigenvalue weighted by atomic mass is 35.5. The van der Waals surface area contributed by atoms with Crippen molar-refractivity contribution >= 4 is 101 Å². The molecule has 0 spiro atoms. The molecule has 1 unspecified atom stereocenters. The number of morpholine rings is 1. The first kappa shape index (κ1) is 64.0. The van der Waals surface area contributed by atoms with Gasteiger partial charge in [-0.15, -0.1) is 48.6 Å². The summed E-state index contributed by atoms with van der Waals surface area (Å²) in [7, 11) is 0. The highest BCUT2D eigenvalue weighted by molar-refractivity contribution is 7.13. The molecule has 9 N–H and O–H groups in total. The molecule has 0 saturated carbocycles. The second-order valence-electron chi connectivity index (χ2n) is 19.6. The Labute approximate surface area is 476 Å². The molecule has 5 heterocycles. The fourth-order valence-electron chi connectivity index (χ4n) is 8.83. The number of aliphatic hydroxyl groups is 1. The predicted molar refractivity (Wildman–Crippen MR) is 305 cm³/mol. The lowest BCUT2D eigenvalue weighted by Crippen LogP contribution is -2.57. The van der Waals surface area contributed by atoms with Gasteiger partial charge in [0.2, 0.25) is 29.5 Å². The molecule has 5 aromatic rings. The third-order valence-electron chi connectivity index (χ3n) is 13.0. The number of thiazole rings is 1. The summed E-state index contributed by atoms with van der Waals surface area (Å²) in [5, 5.41) is 22.0. The average Bonchev–Trinajstić information content (AvgIpc) is 4.04. The second-order valence-corrected chi connectivity index (χ2v) is 20.5. The number of hydrogen-bond donors (Lipinski definition) is 7. The number of nitrogens with zero attached hydrogens (tertiary/aromatic N) is 6. The maximum absolute atomic E-state index is 14.0. The number of aromatic nitrogens is 4. The quantitative estimate of drug-likeness (QED) is 0.0464. The molecule has 0 radical (unpaired) electrons. The largest absolute Gasteiger partial charge is 0.391 e. The van der Waals surface area contributed by atoms with Crippen LogP contribution in [0.5, 0.6) is 0 Å². The number of primary amides is 1. The Balaban J connectivity index is 0.00000437. The van der Waals surface area contributed by atoms with Crippen molar-refractivity contribution in [2.75, 3.05) is 68.6 Å². The van der Waals surface area contributed by atoms with E-state index in [0.29, 0.717) is 43.2 Å². The van der Waals surface area contributed by atoms with Crippen LogP contribution in [0.25, 0.3) is 21.7 Å². The Morgan fingerprint density at radius 2 is 1.58 bits per heavy atom. The van der Waals surface area contributed by atoms with Gasteiger partial charge in [-0.1, -0.05) is 69.3 Å². The highest BCUT2D eigenvalue weighted by Crippen LogP contribution is 2.30. The number of hydrogen-bond acceptors (Lipinski definition) is 16. The Morgan fingerprint density at radius 1 is 0.885 bits per heavy atom. The molecule has 2 aromatic carbocycles. The number of aryl methyl sites for hydroxylation is 1. The van der Waals surface area contributed by atoms with E-state index in [0.717, 1.165) is 32.9 Å². The molecule has 422 valence electrons. The topological polar surface area (TPSA) is 299 Å². The lowest BCUT2D eigenvalue weighted by molar-refractivity contribution is -0.144. The molecule has 25 heteroatoms. The van der Waals surface area contributed by atoms with Crippen LogP contribution in [-0.4, -0.2) is 136 Å². The maximum atomic E-state index is 14.0. The van der Waals surface area contributed by atoms with Crippen LogP contribution in [0.2, 0.25) is 0 Å². The first-order valence-corrected chi connectivity index (χ1v) is 25.8. The number of carbonyl (C=O) groups is 6. The lowest BCUT2D eigenvalue weighted by Gasteiger charge is -2.35. The van der Waals surface area contributed by atoms with Gasteiger partial charge in [0.05, 0.1) is 78.1 Å². The third-order valence-corrected chi connectivity index (χ3v) is 14.0. The van der Waals surface area contributed by atoms with E-state index in [4.69, 9.17) is 20.9 Å². The van der Waals surface area contributed by atoms with Gasteiger partial charge in [0.15, 0.2) is 11.5 Å². The number of nitrogens with one attached hydrogen (secondary N) is 4. The zero-order chi connectivity index (χ0) is 53.6. The van der Waals surface area contributed by atoms with Gasteiger partial charge < -0.3 is 57.1 Å². The standard InChI is InChI=1S/C53H66N12O9S.3ClH/c1-32-46(75-31-60-32)36-11-7-34(8-12-36)27-59-50(70)42-26-38(66)30-65(42)52(72)47(53(2,3)4)63-44(68)16-21-73-22-18-57-43(67)14-13-37(49(55)69)25-33-5-9-35(10-6-33)39-29-58-48(54)45(61-39)51(71)62-40-28-56-17-15-41(40)64-19-23-74-24-20-64;;;/h5-12,15,17,28-29,31,37-38,42,47,66H,13-14,16,18-27,30H2,1-4H3,(H2,54,58)(H2,55,69)(H,57,67)(H,59,70)(H,62,71)(H,63,68);3*1H/t37?,38-,42+,47-;;;/m1.../s1. The van der Waals surface area contributed by atoms with E-state index in [-0.39, 0.29) is 120 Å². The summed E-state index contributed by atoms with van der Waals surface area (Å²) in [6, 6.07) is 14.9. The fourth-order valence-corrected chi connectivity index (χ4v) is 9.64. The number of halogens is 3. The molecule has 21 nitrogen and oxygen atoms in total. The number of likely N-dealkylation sites (tertiary alicyclic amines) is 1. The summed E-state index contributed by atoms with van der Waals surface area (Å²) in [5.41, 5.74) is 18.9. The molecule has 4 atom stereocenters. The Kier molecular flexibility index (Phi) is 24.6. The summed E-state index contributed by atoms with van der Waals surface area (Å²) in [6.45, 7) is 10.3. The highest BCUT2D eigenvalue weighted by Gasteiger charge is 2.44. The van der Waals surface area contributed by atoms with Crippen molar-refractivity contribution in [3.63, 3.8) is 0 Å². The summed E-state index contributed by atoms with van der Waals surface area (Å²) >= 11 is 1.56. The molecule has 3 aromatic heterocycles. The molecule has 7 rings (SSSR count). The molecule has 2 aliphatic rings. The van der Waals surface area contributed by atoms with E-state index in [1.807, 2.05) is 70.2 Å². The van der Waals surface area contributed by atoms with E-state index in [1.165, 1.54) is 11.1 Å². The molecule has 2 fully saturated rings. The van der Waals surface area contributed by atoms with Crippen LogP contribution < -0.4 is 37.6 Å². The number of anilines is 3. The van der Waals surface area contributed by atoms with Crippen molar-refractivity contribution in [1.82, 2.24) is 40.8 Å². The number of ether oxygens (including phenoxy) is 2. The van der Waals surface area contributed by atoms with Crippen molar-refractivity contribution in [3.05, 3.63) is 101 Å². The van der Waals surface area contributed by atoms with Crippen LogP contribution in [0, 0.1) is 18.3 Å². The number of rotatable bonds is 22. The minimum Gasteiger partial charge on any atom is -0.391 e. The molecule has 0 aliphatic carbocycles. The van der Waals surface area contributed by atoms with Crippen LogP contribution in [0.4, 0.5) is 17.2 Å². The van der Waals surface area contributed by atoms with Crippen molar-refractivity contribution in [1.29, 1.82) is 0 Å². The van der Waals surface area contributed by atoms with Crippen LogP contribution in [0.15, 0.2) is 78.7 Å². The predicted octanol–water partition coefficient (Wildman–Crippen LogP) is 4.66. The molecule has 6 amide bonds. The Hall–Kier alpha value is -6.53. The summed E-state index contributed by atoms with van der Waals surface area (Å²) in [5.74, 6) is -3.37. The van der Waals surface area contributed by atoms with Gasteiger partial charge >= 0.3 is 0 Å². The number of pyridine rings is 1. The van der Waals surface area contributed by atoms with Crippen LogP contribution in [0.3, 0.4) is 0 Å². The molecule has 78 heavy (non-hydrogen) atoms. The number of carbonyl (C=O) groups excluding carboxylic acids is 6. The number of β-amino-alcohol motifs (C(OH)–C–C–N with tert-alkyl or cyclic N) is 1. The normalized spacial score (nSPS) is 15.8. The smallest absolute Gasteiger partial charge is 0.278 e. The van der Waals surface area contributed by atoms with Crippen molar-refractivity contribution in [2.45, 2.75) is 84.5 Å². The van der Waals surface area contributed by atoms with Crippen LogP contribution in [0.1, 0.15) is 73.8 Å². The van der Waals surface area contributed by atoms with E-state index in [9.17, 15) is 33.9 Å². The van der Waals surface area contributed by atoms with E-state index < -0.39 is 59.1 Å². The van der Waals surface area contributed by atoms with Gasteiger partial charge in [-0.2, -0.15) is 0 Å². The Morgan fingerprint density at radius 3 is 2.24 bits per heavy atom. The third kappa shape index (κ3) is 17.5. The van der Waals surface area contributed by atoms with Crippen LogP contribution in [-0.2, 0) is 46.4 Å². The number of benzene rings is 2. The summed E-state index contributed by atoms with van der Waals surface area (Å²) < 4.78 is 11.1. The monoisotopic (exact) mass is 1150 g/mol. The molecular formula is C53H69Cl3N12O9S. The van der Waals surface area contributed by atoms with Gasteiger partial charge in [-0.3, -0.25) is 33.8 Å². The maximum Gasteiger partial charge on any atom is 0.278 e. The van der Waals surface area contributed by atoms with E-state index in [1.54, 1.807) is 41.4 Å². The van der Waals surface area contributed by atoms with Crippen molar-refractivity contribution < 1.29 is 43.3 Å². The van der Waals surface area contributed by atoms with E-state index >= 15 is 0 Å². The first-order chi connectivity index (χ1) is 35.9. The number of aliphatic hydroxyl groups excluding tert-OH is 1. The fraction of sp³-hybridized carbons (Fsp3) is 0.434. The average molecular weight is 1160 g/mol. The van der Waals surface area contributed by atoms with Crippen LogP contribution >= 0.6 is 48.6 Å². The lowest BCUT2D eigenvalue weighted by atomic mass is 9.85. The zero-order valence-electron chi connectivity index (χ0n) is 43.9. The van der Waals surface area contributed by atoms with Gasteiger partial charge in [0, 0.05) is 69.7 Å². The van der Waals surface area contributed by atoms with Crippen molar-refractivity contribution in [2.24, 2.45) is 17.1 Å². The summed E-state index contributed by atoms with van der Waals surface area (Å²) in [4.78, 5) is 101. The number of nitrogens with two attached hydrogens (primary N) is 2. The molecular weight excluding hydrogens is 1090 g/mol. The number of amides is 6. The number of nitrogen functional groups attached to an aromatic ring is 1. The molecule has 0 bridgehead atoms. The van der Waals surface area contributed by atoms with E-state index in [2.05, 4.69) is 46.1 Å². The SMILES string of the molecule is Cc1ncsc1-c1ccc(CNC(=O)[C@@H]2C[C@@H](O)CN2C(=O)[C@@H](NC(=O)CCOCCNC(=O)CCC(Cc2ccc(-c3cnc(N)c(C(=O)Nc4cnccc4N4CCOCC4)n3)cc2)C(N)=O)C(C)(C)C)cc1.Cl.Cl.Cl. The molecule has 2 aliphatic heterocycles. The van der Waals surface area contributed by atoms with Gasteiger partial charge in [-0.05, 0) is 47.9 Å². The second kappa shape index (κ2) is 30.0. The summed E-state index contributed by atoms with van der Waals surface area (Å²) in [6.07, 6.45) is 4.32. The first-order valence-electron chi connectivity index (χ1n) is 24.9. The van der Waals surface area contributed by atoms with Gasteiger partial charge in [-0.25, -0.2) is 15.0 Å². The minimum atomic E-state index is -0.995. The minimum absolute atomic E-state index is 0. The zero-order valence-corrected chi connectivity index (χ0v) is 47.2. The van der Waals surface area contributed by atoms with Gasteiger partial charge in [0.25, 0.3) is 5.91 Å².